The molecule has 2 aliphatic rings. The van der Waals surface area contributed by atoms with Crippen molar-refractivity contribution in [2.24, 2.45) is 0 Å². The lowest BCUT2D eigenvalue weighted by molar-refractivity contribution is 0.102. The molecule has 4 rings (SSSR count). The van der Waals surface area contributed by atoms with Crippen LogP contribution < -0.4 is 18.9 Å². The molecule has 1 aliphatic carbocycles. The van der Waals surface area contributed by atoms with Gasteiger partial charge in [-0.1, -0.05) is 0 Å². The molecule has 0 saturated carbocycles. The number of fused-ring (bicyclic) bond motifs is 2. The molecule has 1 N–H and O–H groups in total. The number of benzene rings is 2. The van der Waals surface area contributed by atoms with Crippen LogP contribution in [0.3, 0.4) is 0 Å². The summed E-state index contributed by atoms with van der Waals surface area (Å²) in [5.74, 6) is 2.36. The number of hydrogen-bond acceptors (Lipinski definition) is 6. The van der Waals surface area contributed by atoms with Gasteiger partial charge in [0.15, 0.2) is 23.0 Å². The standard InChI is InChI=1S/C19H20O6/c1-21-14-6-11(10-4-17(22-2)19(20)18(5-10)23-3)12-7-15-16(8-13(12)14)25-9-24-15/h4-5,7-8,11,14,20H,6,9H2,1-3H3/t11-,14+/m1/s1. The minimum Gasteiger partial charge on any atom is -0.502 e. The molecule has 25 heavy (non-hydrogen) atoms. The minimum atomic E-state index is -0.0275. The SMILES string of the molecule is COc1cc([C@H]2C[C@H](OC)c3cc4c(cc32)OCO4)cc(OC)c1O. The summed E-state index contributed by atoms with van der Waals surface area (Å²) in [5, 5.41) is 10.2. The number of rotatable bonds is 4. The van der Waals surface area contributed by atoms with Gasteiger partial charge >= 0.3 is 0 Å². The van der Waals surface area contributed by atoms with E-state index in [-0.39, 0.29) is 24.6 Å². The van der Waals surface area contributed by atoms with E-state index in [0.717, 1.165) is 34.6 Å². The van der Waals surface area contributed by atoms with Crippen LogP contribution in [-0.2, 0) is 4.74 Å². The maximum absolute atomic E-state index is 10.2. The Morgan fingerprint density at radius 2 is 1.52 bits per heavy atom. The molecule has 0 amide bonds. The number of phenols is 1. The van der Waals surface area contributed by atoms with Crippen LogP contribution in [0.5, 0.6) is 28.7 Å². The van der Waals surface area contributed by atoms with Crippen molar-refractivity contribution in [3.63, 3.8) is 0 Å². The zero-order valence-electron chi connectivity index (χ0n) is 14.4. The molecule has 1 aliphatic heterocycles. The maximum atomic E-state index is 10.2. The highest BCUT2D eigenvalue weighted by Crippen LogP contribution is 2.52. The fourth-order valence-corrected chi connectivity index (χ4v) is 3.68. The lowest BCUT2D eigenvalue weighted by Gasteiger charge is -2.16. The van der Waals surface area contributed by atoms with E-state index in [2.05, 4.69) is 0 Å². The summed E-state index contributed by atoms with van der Waals surface area (Å²) in [6.07, 6.45) is 0.756. The van der Waals surface area contributed by atoms with Gasteiger partial charge in [0.25, 0.3) is 0 Å². The van der Waals surface area contributed by atoms with E-state index in [9.17, 15) is 5.11 Å². The van der Waals surface area contributed by atoms with Crippen molar-refractivity contribution in [1.29, 1.82) is 0 Å². The second-order valence-corrected chi connectivity index (χ2v) is 6.12. The highest BCUT2D eigenvalue weighted by Gasteiger charge is 2.35. The molecular formula is C19H20O6. The zero-order valence-corrected chi connectivity index (χ0v) is 14.4. The van der Waals surface area contributed by atoms with Crippen molar-refractivity contribution in [2.75, 3.05) is 28.1 Å². The van der Waals surface area contributed by atoms with Crippen LogP contribution in [0.25, 0.3) is 0 Å². The number of ether oxygens (including phenoxy) is 5. The monoisotopic (exact) mass is 344 g/mol. The maximum Gasteiger partial charge on any atom is 0.231 e. The summed E-state index contributed by atoms with van der Waals surface area (Å²) in [7, 11) is 4.76. The van der Waals surface area contributed by atoms with Gasteiger partial charge in [0.05, 0.1) is 20.3 Å². The van der Waals surface area contributed by atoms with Crippen LogP contribution in [0.2, 0.25) is 0 Å². The molecule has 0 spiro atoms. The van der Waals surface area contributed by atoms with E-state index in [1.165, 1.54) is 14.2 Å². The first-order valence-corrected chi connectivity index (χ1v) is 8.07. The molecule has 1 heterocycles. The van der Waals surface area contributed by atoms with E-state index in [1.807, 2.05) is 24.3 Å². The van der Waals surface area contributed by atoms with Crippen LogP contribution in [-0.4, -0.2) is 33.2 Å². The topological polar surface area (TPSA) is 66.4 Å². The van der Waals surface area contributed by atoms with Gasteiger partial charge in [-0.05, 0) is 47.4 Å². The smallest absolute Gasteiger partial charge is 0.231 e. The van der Waals surface area contributed by atoms with Gasteiger partial charge in [-0.3, -0.25) is 0 Å². The third-order valence-corrected chi connectivity index (χ3v) is 4.94. The normalized spacial score (nSPS) is 20.4. The molecule has 2 aromatic rings. The van der Waals surface area contributed by atoms with Crippen LogP contribution in [0, 0.1) is 0 Å². The summed E-state index contributed by atoms with van der Waals surface area (Å²) in [6.45, 7) is 0.237. The Labute approximate surface area is 145 Å². The number of methoxy groups -OCH3 is 3. The summed E-state index contributed by atoms with van der Waals surface area (Å²) >= 11 is 0. The minimum absolute atomic E-state index is 0.000878. The van der Waals surface area contributed by atoms with Gasteiger partial charge in [0.2, 0.25) is 12.5 Å². The quantitative estimate of drug-likeness (QED) is 0.917. The number of aromatic hydroxyl groups is 1. The predicted octanol–water partition coefficient (Wildman–Crippen LogP) is 3.36. The molecular weight excluding hydrogens is 324 g/mol. The summed E-state index contributed by atoms with van der Waals surface area (Å²) in [5.41, 5.74) is 3.22. The summed E-state index contributed by atoms with van der Waals surface area (Å²) in [4.78, 5) is 0. The first kappa shape index (κ1) is 15.9. The first-order chi connectivity index (χ1) is 12.2. The molecule has 2 aromatic carbocycles. The summed E-state index contributed by atoms with van der Waals surface area (Å²) < 4.78 is 27.3. The van der Waals surface area contributed by atoms with Gasteiger partial charge in [-0.25, -0.2) is 0 Å². The lowest BCUT2D eigenvalue weighted by Crippen LogP contribution is -2.00. The Morgan fingerprint density at radius 1 is 0.920 bits per heavy atom. The molecule has 6 nitrogen and oxygen atoms in total. The molecule has 6 heteroatoms. The van der Waals surface area contributed by atoms with Gasteiger partial charge in [0, 0.05) is 13.0 Å². The molecule has 0 saturated heterocycles. The van der Waals surface area contributed by atoms with Crippen LogP contribution in [0.15, 0.2) is 24.3 Å². The molecule has 0 fully saturated rings. The van der Waals surface area contributed by atoms with Crippen LogP contribution >= 0.6 is 0 Å². The fraction of sp³-hybridized carbons (Fsp3) is 0.368. The van der Waals surface area contributed by atoms with Crippen molar-refractivity contribution in [1.82, 2.24) is 0 Å². The van der Waals surface area contributed by atoms with Crippen LogP contribution in [0.4, 0.5) is 0 Å². The van der Waals surface area contributed by atoms with Crippen molar-refractivity contribution in [3.8, 4) is 28.7 Å². The van der Waals surface area contributed by atoms with Crippen molar-refractivity contribution < 1.29 is 28.8 Å². The molecule has 0 radical (unpaired) electrons. The molecule has 2 atom stereocenters. The van der Waals surface area contributed by atoms with E-state index in [0.29, 0.717) is 11.5 Å². The third kappa shape index (κ3) is 2.44. The van der Waals surface area contributed by atoms with Crippen molar-refractivity contribution in [2.45, 2.75) is 18.4 Å². The average Bonchev–Trinajstić information content (AvgIpc) is 3.23. The highest BCUT2D eigenvalue weighted by atomic mass is 16.7. The number of hydrogen-bond donors (Lipinski definition) is 1. The van der Waals surface area contributed by atoms with E-state index in [1.54, 1.807) is 7.11 Å². The second-order valence-electron chi connectivity index (χ2n) is 6.12. The Hall–Kier alpha value is -2.60. The molecule has 0 bridgehead atoms. The van der Waals surface area contributed by atoms with E-state index < -0.39 is 0 Å². The first-order valence-electron chi connectivity index (χ1n) is 8.07. The number of phenolic OH excluding ortho intramolecular Hbond substituents is 1. The Bertz CT molecular complexity index is 791. The molecule has 0 aromatic heterocycles. The highest BCUT2D eigenvalue weighted by molar-refractivity contribution is 5.59. The molecule has 132 valence electrons. The average molecular weight is 344 g/mol. The van der Waals surface area contributed by atoms with Gasteiger partial charge in [0.1, 0.15) is 0 Å². The second kappa shape index (κ2) is 6.04. The van der Waals surface area contributed by atoms with Crippen molar-refractivity contribution >= 4 is 0 Å². The fourth-order valence-electron chi connectivity index (χ4n) is 3.68. The van der Waals surface area contributed by atoms with Gasteiger partial charge in [-0.15, -0.1) is 0 Å². The van der Waals surface area contributed by atoms with E-state index >= 15 is 0 Å². The Kier molecular flexibility index (Phi) is 3.84. The lowest BCUT2D eigenvalue weighted by atomic mass is 9.92. The third-order valence-electron chi connectivity index (χ3n) is 4.94. The largest absolute Gasteiger partial charge is 0.502 e. The van der Waals surface area contributed by atoms with Gasteiger partial charge < -0.3 is 28.8 Å². The predicted molar refractivity (Wildman–Crippen MR) is 90.0 cm³/mol. The van der Waals surface area contributed by atoms with E-state index in [4.69, 9.17) is 23.7 Å². The Morgan fingerprint density at radius 3 is 2.08 bits per heavy atom. The van der Waals surface area contributed by atoms with Gasteiger partial charge in [-0.2, -0.15) is 0 Å². The molecule has 0 unspecified atom stereocenters. The Balaban J connectivity index is 1.83. The summed E-state index contributed by atoms with van der Waals surface area (Å²) in [6, 6.07) is 7.71. The zero-order chi connectivity index (χ0) is 17.6. The van der Waals surface area contributed by atoms with Crippen LogP contribution in [0.1, 0.15) is 35.1 Å². The van der Waals surface area contributed by atoms with Crippen molar-refractivity contribution in [3.05, 3.63) is 41.0 Å².